The monoisotopic (exact) mass is 265 g/mol. The van der Waals surface area contributed by atoms with Crippen LogP contribution in [0.2, 0.25) is 0 Å². The van der Waals surface area contributed by atoms with Crippen molar-refractivity contribution >= 4 is 10.9 Å². The fourth-order valence-electron chi connectivity index (χ4n) is 3.03. The first kappa shape index (κ1) is 12.9. The van der Waals surface area contributed by atoms with Gasteiger partial charge in [-0.05, 0) is 66.6 Å². The van der Waals surface area contributed by atoms with E-state index in [0.29, 0.717) is 0 Å². The molecule has 2 heteroatoms. The van der Waals surface area contributed by atoms with E-state index in [2.05, 4.69) is 44.0 Å². The number of aliphatic hydroxyl groups is 1. The second kappa shape index (κ2) is 4.80. The molecule has 1 atom stereocenters. The van der Waals surface area contributed by atoms with Gasteiger partial charge in [-0.1, -0.05) is 23.8 Å². The quantitative estimate of drug-likeness (QED) is 0.716. The molecule has 0 radical (unpaired) electrons. The van der Waals surface area contributed by atoms with Crippen LogP contribution in [0.5, 0.6) is 0 Å². The molecule has 2 nitrogen and oxygen atoms in total. The van der Waals surface area contributed by atoms with Crippen molar-refractivity contribution < 1.29 is 5.11 Å². The number of aromatic nitrogens is 1. The lowest BCUT2D eigenvalue weighted by Gasteiger charge is -2.18. The maximum absolute atomic E-state index is 10.7. The molecule has 0 aliphatic heterocycles. The number of fused-ring (bicyclic) bond motifs is 1. The summed E-state index contributed by atoms with van der Waals surface area (Å²) in [5.41, 5.74) is 6.57. The summed E-state index contributed by atoms with van der Waals surface area (Å²) in [4.78, 5) is 3.17. The van der Waals surface area contributed by atoms with Gasteiger partial charge in [0.25, 0.3) is 0 Å². The number of benzene rings is 2. The van der Waals surface area contributed by atoms with Gasteiger partial charge in [-0.2, -0.15) is 0 Å². The highest BCUT2D eigenvalue weighted by Gasteiger charge is 2.16. The molecular formula is C18H19NO. The molecule has 0 fully saturated rings. The van der Waals surface area contributed by atoms with Crippen molar-refractivity contribution in [1.82, 2.24) is 4.98 Å². The molecule has 3 rings (SSSR count). The second-order valence-electron chi connectivity index (χ2n) is 5.54. The minimum Gasteiger partial charge on any atom is -0.384 e. The van der Waals surface area contributed by atoms with Crippen LogP contribution in [0.3, 0.4) is 0 Å². The SMILES string of the molecule is Cc1cc(C)c(C(O)c2ccc3[nH]ccc3c2)c(C)c1. The number of nitrogens with one attached hydrogen (secondary N) is 1. The summed E-state index contributed by atoms with van der Waals surface area (Å²) >= 11 is 0. The van der Waals surface area contributed by atoms with E-state index >= 15 is 0 Å². The van der Waals surface area contributed by atoms with Crippen molar-refractivity contribution in [2.75, 3.05) is 0 Å². The Kier molecular flexibility index (Phi) is 3.11. The van der Waals surface area contributed by atoms with Gasteiger partial charge in [-0.15, -0.1) is 0 Å². The van der Waals surface area contributed by atoms with Crippen LogP contribution in [0.4, 0.5) is 0 Å². The maximum atomic E-state index is 10.7. The molecule has 0 aliphatic carbocycles. The van der Waals surface area contributed by atoms with E-state index in [9.17, 15) is 5.11 Å². The Morgan fingerprint density at radius 1 is 0.950 bits per heavy atom. The molecule has 0 amide bonds. The highest BCUT2D eigenvalue weighted by atomic mass is 16.3. The van der Waals surface area contributed by atoms with E-state index in [1.54, 1.807) is 0 Å². The van der Waals surface area contributed by atoms with Crippen LogP contribution in [0.25, 0.3) is 10.9 Å². The first-order valence-corrected chi connectivity index (χ1v) is 6.89. The molecule has 102 valence electrons. The van der Waals surface area contributed by atoms with Crippen LogP contribution in [-0.4, -0.2) is 10.1 Å². The summed E-state index contributed by atoms with van der Waals surface area (Å²) in [6, 6.07) is 12.3. The number of H-pyrrole nitrogens is 1. The normalized spacial score (nSPS) is 12.8. The third kappa shape index (κ3) is 2.12. The predicted octanol–water partition coefficient (Wildman–Crippen LogP) is 4.17. The zero-order chi connectivity index (χ0) is 14.3. The molecule has 1 unspecified atom stereocenters. The van der Waals surface area contributed by atoms with Crippen molar-refractivity contribution in [3.63, 3.8) is 0 Å². The van der Waals surface area contributed by atoms with Crippen molar-refractivity contribution in [2.24, 2.45) is 0 Å². The van der Waals surface area contributed by atoms with E-state index in [1.165, 1.54) is 5.56 Å². The lowest BCUT2D eigenvalue weighted by molar-refractivity contribution is 0.219. The summed E-state index contributed by atoms with van der Waals surface area (Å²) in [6.45, 7) is 6.21. The van der Waals surface area contributed by atoms with Crippen LogP contribution in [0, 0.1) is 20.8 Å². The molecule has 0 spiro atoms. The summed E-state index contributed by atoms with van der Waals surface area (Å²) in [7, 11) is 0. The fraction of sp³-hybridized carbons (Fsp3) is 0.222. The topological polar surface area (TPSA) is 36.0 Å². The van der Waals surface area contributed by atoms with Gasteiger partial charge in [-0.3, -0.25) is 0 Å². The predicted molar refractivity (Wildman–Crippen MR) is 83.0 cm³/mol. The minimum absolute atomic E-state index is 0.574. The number of hydrogen-bond acceptors (Lipinski definition) is 1. The van der Waals surface area contributed by atoms with Crippen LogP contribution < -0.4 is 0 Å². The summed E-state index contributed by atoms with van der Waals surface area (Å²) in [5.74, 6) is 0. The molecule has 0 saturated carbocycles. The lowest BCUT2D eigenvalue weighted by atomic mass is 9.91. The smallest absolute Gasteiger partial charge is 0.105 e. The van der Waals surface area contributed by atoms with Crippen molar-refractivity contribution in [1.29, 1.82) is 0 Å². The van der Waals surface area contributed by atoms with Gasteiger partial charge < -0.3 is 10.1 Å². The zero-order valence-electron chi connectivity index (χ0n) is 12.1. The van der Waals surface area contributed by atoms with Crippen LogP contribution in [0.1, 0.15) is 33.9 Å². The number of aromatic amines is 1. The van der Waals surface area contributed by atoms with Gasteiger partial charge in [0.05, 0.1) is 0 Å². The van der Waals surface area contributed by atoms with Crippen LogP contribution in [-0.2, 0) is 0 Å². The Hall–Kier alpha value is -2.06. The highest BCUT2D eigenvalue weighted by molar-refractivity contribution is 5.80. The third-order valence-electron chi connectivity index (χ3n) is 3.90. The van der Waals surface area contributed by atoms with Gasteiger partial charge in [-0.25, -0.2) is 0 Å². The van der Waals surface area contributed by atoms with Crippen molar-refractivity contribution in [3.05, 3.63) is 70.4 Å². The Morgan fingerprint density at radius 3 is 2.35 bits per heavy atom. The van der Waals surface area contributed by atoms with Gasteiger partial charge in [0.2, 0.25) is 0 Å². The number of hydrogen-bond donors (Lipinski definition) is 2. The van der Waals surface area contributed by atoms with E-state index < -0.39 is 6.10 Å². The number of rotatable bonds is 2. The minimum atomic E-state index is -0.574. The van der Waals surface area contributed by atoms with Crippen molar-refractivity contribution in [2.45, 2.75) is 26.9 Å². The molecule has 0 aliphatic rings. The standard InChI is InChI=1S/C18H19NO/c1-11-8-12(2)17(13(3)9-11)18(20)15-4-5-16-14(10-15)6-7-19-16/h4-10,18-20H,1-3H3. The van der Waals surface area contributed by atoms with Gasteiger partial charge in [0.1, 0.15) is 6.10 Å². The molecule has 1 aromatic heterocycles. The number of aliphatic hydroxyl groups excluding tert-OH is 1. The van der Waals surface area contributed by atoms with Gasteiger partial charge in [0, 0.05) is 11.7 Å². The van der Waals surface area contributed by atoms with E-state index in [1.807, 2.05) is 24.4 Å². The molecule has 2 aromatic carbocycles. The first-order chi connectivity index (χ1) is 9.56. The molecule has 3 aromatic rings. The largest absolute Gasteiger partial charge is 0.384 e. The van der Waals surface area contributed by atoms with Gasteiger partial charge >= 0.3 is 0 Å². The third-order valence-corrected chi connectivity index (χ3v) is 3.90. The molecule has 2 N–H and O–H groups in total. The Morgan fingerprint density at radius 2 is 1.65 bits per heavy atom. The molecular weight excluding hydrogens is 246 g/mol. The maximum Gasteiger partial charge on any atom is 0.105 e. The summed E-state index contributed by atoms with van der Waals surface area (Å²) < 4.78 is 0. The lowest BCUT2D eigenvalue weighted by Crippen LogP contribution is -2.05. The van der Waals surface area contributed by atoms with Crippen molar-refractivity contribution in [3.8, 4) is 0 Å². The molecule has 0 saturated heterocycles. The van der Waals surface area contributed by atoms with Gasteiger partial charge in [0.15, 0.2) is 0 Å². The summed E-state index contributed by atoms with van der Waals surface area (Å²) in [5, 5.41) is 11.9. The van der Waals surface area contributed by atoms with E-state index in [-0.39, 0.29) is 0 Å². The number of aryl methyl sites for hydroxylation is 3. The molecule has 1 heterocycles. The Balaban J connectivity index is 2.09. The van der Waals surface area contributed by atoms with Crippen LogP contribution in [0.15, 0.2) is 42.6 Å². The molecule has 20 heavy (non-hydrogen) atoms. The molecule has 0 bridgehead atoms. The average molecular weight is 265 g/mol. The zero-order valence-corrected chi connectivity index (χ0v) is 12.1. The summed E-state index contributed by atoms with van der Waals surface area (Å²) in [6.07, 6.45) is 1.35. The fourth-order valence-corrected chi connectivity index (χ4v) is 3.03. The Labute approximate surface area is 119 Å². The van der Waals surface area contributed by atoms with Crippen LogP contribution >= 0.6 is 0 Å². The highest BCUT2D eigenvalue weighted by Crippen LogP contribution is 2.30. The average Bonchev–Trinajstić information content (AvgIpc) is 2.84. The van der Waals surface area contributed by atoms with E-state index in [0.717, 1.165) is 33.2 Å². The first-order valence-electron chi connectivity index (χ1n) is 6.89. The Bertz CT molecular complexity index is 747. The second-order valence-corrected chi connectivity index (χ2v) is 5.54. The van der Waals surface area contributed by atoms with E-state index in [4.69, 9.17) is 0 Å².